The second-order valence-corrected chi connectivity index (χ2v) is 7.48. The highest BCUT2D eigenvalue weighted by Crippen LogP contribution is 2.38. The largest absolute Gasteiger partial charge is 0.458 e. The Labute approximate surface area is 161 Å². The fourth-order valence-corrected chi connectivity index (χ4v) is 4.24. The molecule has 142 valence electrons. The Morgan fingerprint density at radius 2 is 2.04 bits per heavy atom. The molecule has 0 saturated heterocycles. The van der Waals surface area contributed by atoms with E-state index in [9.17, 15) is 14.7 Å². The molecule has 28 heavy (non-hydrogen) atoms. The lowest BCUT2D eigenvalue weighted by Gasteiger charge is -2.31. The maximum Gasteiger partial charge on any atom is 0.343 e. The fraction of sp³-hybridized carbons (Fsp3) is 0.318. The van der Waals surface area contributed by atoms with E-state index >= 15 is 0 Å². The number of carbonyl (C=O) groups is 1. The summed E-state index contributed by atoms with van der Waals surface area (Å²) in [6.07, 6.45) is 1.06. The van der Waals surface area contributed by atoms with Crippen molar-refractivity contribution in [2.24, 2.45) is 0 Å². The summed E-state index contributed by atoms with van der Waals surface area (Å²) in [6, 6.07) is 10.0. The zero-order chi connectivity index (χ0) is 19.6. The Bertz CT molecular complexity index is 1230. The molecule has 1 atom stereocenters. The summed E-state index contributed by atoms with van der Waals surface area (Å²) in [7, 11) is 0. The third-order valence-electron chi connectivity index (χ3n) is 5.98. The first-order valence-electron chi connectivity index (χ1n) is 9.56. The third-order valence-corrected chi connectivity index (χ3v) is 5.98. The number of rotatable bonds is 2. The second kappa shape index (κ2) is 5.75. The van der Waals surface area contributed by atoms with E-state index in [1.165, 1.54) is 5.56 Å². The van der Waals surface area contributed by atoms with Crippen LogP contribution >= 0.6 is 0 Å². The van der Waals surface area contributed by atoms with Crippen LogP contribution in [0.5, 0.6) is 0 Å². The summed E-state index contributed by atoms with van der Waals surface area (Å²) < 4.78 is 6.76. The Kier molecular flexibility index (Phi) is 3.52. The first-order chi connectivity index (χ1) is 13.5. The number of esters is 1. The number of hydrogen-bond acceptors (Lipinski definition) is 5. The fourth-order valence-electron chi connectivity index (χ4n) is 4.24. The van der Waals surface area contributed by atoms with Crippen molar-refractivity contribution in [2.75, 3.05) is 0 Å². The third kappa shape index (κ3) is 2.15. The molecule has 5 rings (SSSR count). The molecule has 2 aliphatic rings. The van der Waals surface area contributed by atoms with E-state index in [1.807, 2.05) is 0 Å². The maximum absolute atomic E-state index is 13.1. The molecule has 1 N–H and O–H groups in total. The van der Waals surface area contributed by atoms with Crippen LogP contribution in [-0.4, -0.2) is 20.6 Å². The smallest absolute Gasteiger partial charge is 0.343 e. The quantitative estimate of drug-likeness (QED) is 0.544. The number of aromatic nitrogens is 2. The van der Waals surface area contributed by atoms with Gasteiger partial charge < -0.3 is 14.4 Å². The Balaban J connectivity index is 1.78. The highest BCUT2D eigenvalue weighted by atomic mass is 16.6. The zero-order valence-corrected chi connectivity index (χ0v) is 15.8. The molecule has 1 aromatic carbocycles. The van der Waals surface area contributed by atoms with Gasteiger partial charge in [-0.15, -0.1) is 0 Å². The van der Waals surface area contributed by atoms with E-state index in [-0.39, 0.29) is 18.6 Å². The molecular weight excluding hydrogens is 356 g/mol. The minimum absolute atomic E-state index is 0.110. The van der Waals surface area contributed by atoms with Crippen molar-refractivity contribution in [1.29, 1.82) is 0 Å². The lowest BCUT2D eigenvalue weighted by Crippen LogP contribution is -2.44. The molecule has 3 aromatic rings. The molecule has 0 bridgehead atoms. The molecule has 6 nitrogen and oxygen atoms in total. The van der Waals surface area contributed by atoms with Crippen LogP contribution in [0.1, 0.15) is 42.5 Å². The Morgan fingerprint density at radius 1 is 1.21 bits per heavy atom. The van der Waals surface area contributed by atoms with Gasteiger partial charge in [-0.25, -0.2) is 9.78 Å². The van der Waals surface area contributed by atoms with Gasteiger partial charge in [0, 0.05) is 16.5 Å². The maximum atomic E-state index is 13.1. The van der Waals surface area contributed by atoms with E-state index in [1.54, 1.807) is 17.6 Å². The van der Waals surface area contributed by atoms with Crippen molar-refractivity contribution >= 4 is 16.9 Å². The predicted molar refractivity (Wildman–Crippen MR) is 104 cm³/mol. The van der Waals surface area contributed by atoms with Gasteiger partial charge in [0.25, 0.3) is 5.56 Å². The standard InChI is InChI=1S/C22H20N2O4/c1-3-12-5-6-13-8-14-10-24-18(19(14)23-17(13)7-12)9-16-15(20(24)25)11-28-21(26)22(16,27)4-2/h5-9,27H,3-4,10-11H2,1-2H3/t22-/m0/s1. The highest BCUT2D eigenvalue weighted by Gasteiger charge is 2.45. The van der Waals surface area contributed by atoms with E-state index in [2.05, 4.69) is 31.2 Å². The van der Waals surface area contributed by atoms with Gasteiger partial charge >= 0.3 is 5.97 Å². The van der Waals surface area contributed by atoms with Gasteiger partial charge in [0.1, 0.15) is 6.61 Å². The first kappa shape index (κ1) is 17.1. The van der Waals surface area contributed by atoms with Crippen LogP contribution in [0.15, 0.2) is 35.1 Å². The summed E-state index contributed by atoms with van der Waals surface area (Å²) in [5.74, 6) is -0.705. The second-order valence-electron chi connectivity index (χ2n) is 7.48. The van der Waals surface area contributed by atoms with Crippen LogP contribution in [0.2, 0.25) is 0 Å². The summed E-state index contributed by atoms with van der Waals surface area (Å²) in [6.45, 7) is 4.11. The molecule has 0 spiro atoms. The normalized spacial score (nSPS) is 19.9. The van der Waals surface area contributed by atoms with Crippen LogP contribution in [0.25, 0.3) is 22.3 Å². The van der Waals surface area contributed by atoms with Gasteiger partial charge in [0.2, 0.25) is 0 Å². The molecule has 0 radical (unpaired) electrons. The van der Waals surface area contributed by atoms with Crippen molar-refractivity contribution in [2.45, 2.75) is 45.4 Å². The monoisotopic (exact) mass is 376 g/mol. The van der Waals surface area contributed by atoms with Crippen molar-refractivity contribution in [1.82, 2.24) is 9.55 Å². The Hall–Kier alpha value is -2.99. The number of aliphatic hydroxyl groups is 1. The van der Waals surface area contributed by atoms with Crippen LogP contribution in [0, 0.1) is 0 Å². The number of hydrogen-bond donors (Lipinski definition) is 1. The van der Waals surface area contributed by atoms with Crippen LogP contribution in [-0.2, 0) is 34.7 Å². The molecule has 0 fully saturated rings. The molecule has 4 heterocycles. The first-order valence-corrected chi connectivity index (χ1v) is 9.56. The average molecular weight is 376 g/mol. The molecule has 0 amide bonds. The topological polar surface area (TPSA) is 81.4 Å². The number of fused-ring (bicyclic) bond motifs is 5. The number of cyclic esters (lactones) is 1. The number of pyridine rings is 2. The molecule has 6 heteroatoms. The summed E-state index contributed by atoms with van der Waals surface area (Å²) in [5.41, 5.74) is 3.08. The van der Waals surface area contributed by atoms with Crippen molar-refractivity contribution in [3.8, 4) is 11.4 Å². The van der Waals surface area contributed by atoms with Crippen molar-refractivity contribution in [3.63, 3.8) is 0 Å². The summed E-state index contributed by atoms with van der Waals surface area (Å²) in [5, 5.41) is 11.9. The van der Waals surface area contributed by atoms with E-state index in [4.69, 9.17) is 9.72 Å². The molecule has 0 saturated carbocycles. The Morgan fingerprint density at radius 3 is 2.79 bits per heavy atom. The van der Waals surface area contributed by atoms with E-state index in [0.717, 1.165) is 28.6 Å². The van der Waals surface area contributed by atoms with Gasteiger partial charge in [-0.1, -0.05) is 26.0 Å². The minimum Gasteiger partial charge on any atom is -0.458 e. The number of benzene rings is 1. The predicted octanol–water partition coefficient (Wildman–Crippen LogP) is 2.64. The summed E-state index contributed by atoms with van der Waals surface area (Å²) in [4.78, 5) is 30.2. The number of aryl methyl sites for hydroxylation is 1. The summed E-state index contributed by atoms with van der Waals surface area (Å²) >= 11 is 0. The van der Waals surface area contributed by atoms with E-state index < -0.39 is 11.6 Å². The van der Waals surface area contributed by atoms with Crippen LogP contribution in [0.3, 0.4) is 0 Å². The van der Waals surface area contributed by atoms with Crippen molar-refractivity contribution in [3.05, 3.63) is 62.9 Å². The van der Waals surface area contributed by atoms with Crippen molar-refractivity contribution < 1.29 is 14.6 Å². The molecule has 2 aliphatic heterocycles. The number of nitrogens with zero attached hydrogens (tertiary/aromatic N) is 2. The average Bonchev–Trinajstić information content (AvgIpc) is 3.07. The number of ether oxygens (including phenoxy) is 1. The highest BCUT2D eigenvalue weighted by molar-refractivity contribution is 5.86. The molecular formula is C22H20N2O4. The zero-order valence-electron chi connectivity index (χ0n) is 15.8. The van der Waals surface area contributed by atoms with Gasteiger partial charge in [-0.05, 0) is 36.6 Å². The SMILES string of the molecule is CCc1ccc2cc3c(nc2c1)-c1cc2c(c(=O)n1C3)COC(=O)[C@]2(O)CC. The number of carbonyl (C=O) groups excluding carboxylic acids is 1. The van der Waals surface area contributed by atoms with Gasteiger partial charge in [0.05, 0.1) is 29.0 Å². The van der Waals surface area contributed by atoms with Gasteiger partial charge in [-0.2, -0.15) is 0 Å². The van der Waals surface area contributed by atoms with E-state index in [0.29, 0.717) is 23.4 Å². The molecule has 0 unspecified atom stereocenters. The minimum atomic E-state index is -1.79. The van der Waals surface area contributed by atoms with Gasteiger partial charge in [0.15, 0.2) is 5.60 Å². The molecule has 0 aliphatic carbocycles. The van der Waals surface area contributed by atoms with Crippen LogP contribution in [0.4, 0.5) is 0 Å². The lowest BCUT2D eigenvalue weighted by molar-refractivity contribution is -0.172. The van der Waals surface area contributed by atoms with Crippen LogP contribution < -0.4 is 5.56 Å². The van der Waals surface area contributed by atoms with Gasteiger partial charge in [-0.3, -0.25) is 4.79 Å². The lowest BCUT2D eigenvalue weighted by atomic mass is 9.86. The molecule has 2 aromatic heterocycles.